The number of H-pyrrole nitrogens is 2. The summed E-state index contributed by atoms with van der Waals surface area (Å²) < 4.78 is 0. The Kier molecular flexibility index (Phi) is 6.26. The lowest BCUT2D eigenvalue weighted by atomic mass is 10.0. The van der Waals surface area contributed by atoms with Crippen LogP contribution < -0.4 is 5.32 Å². The molecule has 0 fully saturated rings. The number of amides is 1. The van der Waals surface area contributed by atoms with Crippen LogP contribution in [0, 0.1) is 0 Å². The van der Waals surface area contributed by atoms with E-state index in [1.54, 1.807) is 25.5 Å². The highest BCUT2D eigenvalue weighted by molar-refractivity contribution is 7.17. The Morgan fingerprint density at radius 2 is 1.77 bits per heavy atom. The molecule has 0 saturated heterocycles. The number of hydrogen-bond acceptors (Lipinski definition) is 7. The molecule has 194 valence electrons. The number of aromatic amines is 2. The molecule has 0 spiro atoms. The lowest BCUT2D eigenvalue weighted by molar-refractivity contribution is -0.116. The molecule has 0 atom stereocenters. The summed E-state index contributed by atoms with van der Waals surface area (Å²) in [5.74, 6) is -0.0455. The number of anilines is 1. The Balaban J connectivity index is 1.37. The van der Waals surface area contributed by atoms with Gasteiger partial charge in [-0.1, -0.05) is 6.07 Å². The van der Waals surface area contributed by atoms with Gasteiger partial charge in [-0.15, -0.1) is 11.3 Å². The van der Waals surface area contributed by atoms with Gasteiger partial charge >= 0.3 is 0 Å². The van der Waals surface area contributed by atoms with E-state index in [0.717, 1.165) is 59.6 Å². The van der Waals surface area contributed by atoms with Gasteiger partial charge in [0, 0.05) is 39.2 Å². The van der Waals surface area contributed by atoms with Crippen LogP contribution in [0.5, 0.6) is 0 Å². The zero-order chi connectivity index (χ0) is 27.1. The van der Waals surface area contributed by atoms with Crippen LogP contribution in [0.2, 0.25) is 0 Å². The van der Waals surface area contributed by atoms with E-state index < -0.39 is 0 Å². The lowest BCUT2D eigenvalue weighted by Crippen LogP contribution is -2.27. The van der Waals surface area contributed by atoms with Crippen LogP contribution in [-0.4, -0.2) is 62.4 Å². The summed E-state index contributed by atoms with van der Waals surface area (Å²) in [7, 11) is 3.70. The molecule has 0 saturated carbocycles. The molecule has 6 rings (SSSR count). The first-order valence-corrected chi connectivity index (χ1v) is 13.1. The maximum absolute atomic E-state index is 12.2. The Morgan fingerprint density at radius 3 is 2.56 bits per heavy atom. The molecule has 10 heteroatoms. The number of fused-ring (bicyclic) bond motifs is 2. The fraction of sp³-hybridized carbons (Fsp3) is 0.138. The number of pyridine rings is 2. The zero-order valence-corrected chi connectivity index (χ0v) is 22.4. The molecule has 5 aromatic heterocycles. The lowest BCUT2D eigenvalue weighted by Gasteiger charge is -2.11. The molecule has 0 bridgehead atoms. The number of carbonyl (C=O) groups is 2. The number of nitrogens with one attached hydrogen (secondary N) is 3. The van der Waals surface area contributed by atoms with E-state index in [1.165, 1.54) is 11.3 Å². The largest absolute Gasteiger partial charge is 0.352 e. The molecule has 0 aliphatic rings. The van der Waals surface area contributed by atoms with Gasteiger partial charge < -0.3 is 15.2 Å². The van der Waals surface area contributed by atoms with E-state index in [4.69, 9.17) is 0 Å². The van der Waals surface area contributed by atoms with Gasteiger partial charge in [-0.05, 0) is 63.0 Å². The summed E-state index contributed by atoms with van der Waals surface area (Å²) in [6, 6.07) is 13.9. The van der Waals surface area contributed by atoms with Crippen LogP contribution in [0.4, 0.5) is 5.69 Å². The fourth-order valence-electron chi connectivity index (χ4n) is 4.60. The molecular formula is C29H25N7O2S. The van der Waals surface area contributed by atoms with E-state index in [9.17, 15) is 9.59 Å². The van der Waals surface area contributed by atoms with E-state index in [0.29, 0.717) is 12.2 Å². The smallest absolute Gasteiger partial charge is 0.238 e. The highest BCUT2D eigenvalue weighted by Gasteiger charge is 2.16. The van der Waals surface area contributed by atoms with Gasteiger partial charge in [-0.2, -0.15) is 5.10 Å². The van der Waals surface area contributed by atoms with E-state index in [1.807, 2.05) is 55.5 Å². The van der Waals surface area contributed by atoms with E-state index in [2.05, 4.69) is 42.6 Å². The van der Waals surface area contributed by atoms with Crippen molar-refractivity contribution < 1.29 is 9.59 Å². The van der Waals surface area contributed by atoms with Gasteiger partial charge in [0.2, 0.25) is 5.91 Å². The Hall–Kier alpha value is -4.67. The third-order valence-electron chi connectivity index (χ3n) is 6.40. The van der Waals surface area contributed by atoms with Crippen molar-refractivity contribution in [2.45, 2.75) is 6.92 Å². The molecular weight excluding hydrogens is 510 g/mol. The Morgan fingerprint density at radius 1 is 0.923 bits per heavy atom. The first kappa shape index (κ1) is 24.7. The van der Waals surface area contributed by atoms with Gasteiger partial charge in [0.1, 0.15) is 5.69 Å². The second-order valence-corrected chi connectivity index (χ2v) is 10.7. The number of ketones is 1. The Bertz CT molecular complexity index is 1860. The van der Waals surface area contributed by atoms with Crippen LogP contribution in [0.15, 0.2) is 67.3 Å². The molecule has 39 heavy (non-hydrogen) atoms. The van der Waals surface area contributed by atoms with Crippen molar-refractivity contribution in [3.8, 4) is 33.0 Å². The van der Waals surface area contributed by atoms with Crippen LogP contribution in [-0.2, 0) is 4.79 Å². The standard InChI is InChI=1S/C29H25N7O2S/c1-16(37)26-6-7-27(39-26)22-13-31-14-25-20(22)10-24(33-25)29-21-9-17(4-5-23(21)34-35-29)18-8-19(12-30-11-18)32-28(38)15-36(2)3/h4-14,33H,15H2,1-3H3,(H,32,38)(H,34,35). The molecule has 0 aliphatic carbocycles. The number of aromatic nitrogens is 5. The van der Waals surface area contributed by atoms with Gasteiger partial charge in [0.15, 0.2) is 5.78 Å². The topological polar surface area (TPSA) is 120 Å². The van der Waals surface area contributed by atoms with Crippen LogP contribution in [0.25, 0.3) is 54.8 Å². The second kappa shape index (κ2) is 9.90. The van der Waals surface area contributed by atoms with Crippen molar-refractivity contribution in [2.75, 3.05) is 26.0 Å². The quantitative estimate of drug-likeness (QED) is 0.229. The van der Waals surface area contributed by atoms with Crippen molar-refractivity contribution in [1.82, 2.24) is 30.0 Å². The normalized spacial score (nSPS) is 11.5. The third kappa shape index (κ3) is 4.83. The SMILES string of the molecule is CC(=O)c1ccc(-c2cncc3[nH]c(-c4n[nH]c5ccc(-c6cncc(NC(=O)CN(C)C)c6)cc45)cc23)s1. The van der Waals surface area contributed by atoms with Crippen LogP contribution >= 0.6 is 11.3 Å². The minimum absolute atomic E-state index is 0.0524. The average molecular weight is 536 g/mol. The first-order chi connectivity index (χ1) is 18.9. The monoisotopic (exact) mass is 535 g/mol. The van der Waals surface area contributed by atoms with E-state index >= 15 is 0 Å². The minimum Gasteiger partial charge on any atom is -0.352 e. The number of rotatable bonds is 7. The van der Waals surface area contributed by atoms with Crippen molar-refractivity contribution >= 4 is 50.5 Å². The van der Waals surface area contributed by atoms with Crippen LogP contribution in [0.3, 0.4) is 0 Å². The van der Waals surface area contributed by atoms with Gasteiger partial charge in [-0.3, -0.25) is 24.7 Å². The molecule has 6 aromatic rings. The molecule has 1 amide bonds. The van der Waals surface area contributed by atoms with E-state index in [-0.39, 0.29) is 11.7 Å². The number of benzene rings is 1. The highest BCUT2D eigenvalue weighted by atomic mass is 32.1. The highest BCUT2D eigenvalue weighted by Crippen LogP contribution is 2.37. The second-order valence-electron chi connectivity index (χ2n) is 9.63. The molecule has 5 heterocycles. The number of Topliss-reactive ketones (excluding diaryl/α,β-unsaturated/α-hetero) is 1. The average Bonchev–Trinajstić information content (AvgIpc) is 3.65. The fourth-order valence-corrected chi connectivity index (χ4v) is 5.53. The summed E-state index contributed by atoms with van der Waals surface area (Å²) in [6.45, 7) is 1.87. The van der Waals surface area contributed by atoms with Crippen molar-refractivity contribution in [2.24, 2.45) is 0 Å². The maximum atomic E-state index is 12.2. The summed E-state index contributed by atoms with van der Waals surface area (Å²) in [5, 5.41) is 12.6. The van der Waals surface area contributed by atoms with Crippen LogP contribution in [0.1, 0.15) is 16.6 Å². The maximum Gasteiger partial charge on any atom is 0.238 e. The van der Waals surface area contributed by atoms with Crippen molar-refractivity contribution in [3.63, 3.8) is 0 Å². The summed E-state index contributed by atoms with van der Waals surface area (Å²) in [4.78, 5) is 39.8. The molecule has 9 nitrogen and oxygen atoms in total. The molecule has 0 aliphatic heterocycles. The number of nitrogens with zero attached hydrogens (tertiary/aromatic N) is 4. The van der Waals surface area contributed by atoms with Gasteiger partial charge in [0.05, 0.1) is 46.2 Å². The Labute approximate surface area is 227 Å². The molecule has 1 aromatic carbocycles. The first-order valence-electron chi connectivity index (χ1n) is 12.3. The molecule has 3 N–H and O–H groups in total. The summed E-state index contributed by atoms with van der Waals surface area (Å²) in [5.41, 5.74) is 6.87. The van der Waals surface area contributed by atoms with Crippen molar-refractivity contribution in [1.29, 1.82) is 0 Å². The summed E-state index contributed by atoms with van der Waals surface area (Å²) >= 11 is 1.47. The predicted molar refractivity (Wildman–Crippen MR) is 155 cm³/mol. The number of carbonyl (C=O) groups excluding carboxylic acids is 2. The third-order valence-corrected chi connectivity index (χ3v) is 7.62. The predicted octanol–water partition coefficient (Wildman–Crippen LogP) is 5.60. The number of hydrogen-bond donors (Lipinski definition) is 3. The number of likely N-dealkylation sites (N-methyl/N-ethyl adjacent to an activating group) is 1. The minimum atomic E-state index is -0.0979. The molecule has 0 radical (unpaired) electrons. The van der Waals surface area contributed by atoms with Crippen molar-refractivity contribution in [3.05, 3.63) is 72.1 Å². The number of thiophene rings is 1. The zero-order valence-electron chi connectivity index (χ0n) is 21.6. The molecule has 0 unspecified atom stereocenters. The summed E-state index contributed by atoms with van der Waals surface area (Å²) in [6.07, 6.45) is 7.04. The van der Waals surface area contributed by atoms with Gasteiger partial charge in [-0.25, -0.2) is 0 Å². The van der Waals surface area contributed by atoms with Gasteiger partial charge in [0.25, 0.3) is 0 Å².